The van der Waals surface area contributed by atoms with E-state index in [1.807, 2.05) is 54.4 Å². The molecule has 1 amide bonds. The Balaban J connectivity index is 2.12. The molecule has 2 aromatic carbocycles. The largest absolute Gasteiger partial charge is 0.272 e. The van der Waals surface area contributed by atoms with Gasteiger partial charge in [-0.2, -0.15) is 0 Å². The van der Waals surface area contributed by atoms with Crippen LogP contribution in [0.15, 0.2) is 54.6 Å². The van der Waals surface area contributed by atoms with Crippen LogP contribution in [0.25, 0.3) is 0 Å². The van der Waals surface area contributed by atoms with Crippen LogP contribution in [0.5, 0.6) is 0 Å². The number of amides is 1. The zero-order valence-electron chi connectivity index (χ0n) is 14.9. The molecule has 25 heavy (non-hydrogen) atoms. The molecule has 1 aliphatic rings. The number of benzene rings is 2. The van der Waals surface area contributed by atoms with Crippen molar-refractivity contribution in [2.24, 2.45) is 0 Å². The number of alkyl halides is 1. The summed E-state index contributed by atoms with van der Waals surface area (Å²) in [7, 11) is 3.86. The Hall–Kier alpha value is -1.65. The van der Waals surface area contributed by atoms with E-state index >= 15 is 0 Å². The quantitative estimate of drug-likeness (QED) is 0.494. The number of carbonyl (C=O) groups excluding carboxylic acids is 1. The van der Waals surface area contributed by atoms with Gasteiger partial charge in [0.1, 0.15) is 5.41 Å². The minimum atomic E-state index is -0.589. The van der Waals surface area contributed by atoms with E-state index in [1.54, 1.807) is 0 Å². The standard InChI is InChI=1S/C21H25BrN2O/c1-23(2)24-19-14-8-7-13-18(19)21(20(24)25,15-9-4-10-16-22)17-11-5-3-6-12-17/h3,5-8,11-14H,4,9-10,15-16H2,1-2H3. The van der Waals surface area contributed by atoms with Gasteiger partial charge < -0.3 is 0 Å². The van der Waals surface area contributed by atoms with Crippen LogP contribution in [0.3, 0.4) is 0 Å². The summed E-state index contributed by atoms with van der Waals surface area (Å²) in [6, 6.07) is 18.5. The first-order valence-corrected chi connectivity index (χ1v) is 9.98. The number of anilines is 1. The molecule has 4 heteroatoms. The molecule has 0 radical (unpaired) electrons. The maximum Gasteiger partial charge on any atom is 0.256 e. The highest BCUT2D eigenvalue weighted by Crippen LogP contribution is 2.49. The summed E-state index contributed by atoms with van der Waals surface area (Å²) in [4.78, 5) is 13.7. The molecule has 0 saturated carbocycles. The molecule has 2 aromatic rings. The van der Waals surface area contributed by atoms with Crippen molar-refractivity contribution in [1.29, 1.82) is 0 Å². The van der Waals surface area contributed by atoms with E-state index in [0.29, 0.717) is 0 Å². The number of fused-ring (bicyclic) bond motifs is 1. The van der Waals surface area contributed by atoms with Gasteiger partial charge in [0.15, 0.2) is 0 Å². The highest BCUT2D eigenvalue weighted by Gasteiger charge is 2.52. The second-order valence-corrected chi connectivity index (χ2v) is 7.55. The van der Waals surface area contributed by atoms with Crippen LogP contribution in [0, 0.1) is 0 Å². The Morgan fingerprint density at radius 3 is 2.32 bits per heavy atom. The van der Waals surface area contributed by atoms with E-state index in [0.717, 1.165) is 47.8 Å². The van der Waals surface area contributed by atoms with Gasteiger partial charge in [-0.05, 0) is 30.0 Å². The van der Waals surface area contributed by atoms with Gasteiger partial charge in [-0.1, -0.05) is 77.3 Å². The summed E-state index contributed by atoms with van der Waals surface area (Å²) in [5.41, 5.74) is 2.63. The number of carbonyl (C=O) groups is 1. The molecule has 1 atom stereocenters. The van der Waals surface area contributed by atoms with Gasteiger partial charge in [0.2, 0.25) is 0 Å². The molecule has 0 aromatic heterocycles. The van der Waals surface area contributed by atoms with Crippen molar-refractivity contribution in [1.82, 2.24) is 5.01 Å². The summed E-state index contributed by atoms with van der Waals surface area (Å²) in [5, 5.41) is 4.73. The fraction of sp³-hybridized carbons (Fsp3) is 0.381. The van der Waals surface area contributed by atoms with Gasteiger partial charge in [0.25, 0.3) is 5.91 Å². The first-order chi connectivity index (χ1) is 12.1. The molecule has 1 unspecified atom stereocenters. The summed E-state index contributed by atoms with van der Waals surface area (Å²) in [6.07, 6.45) is 4.13. The van der Waals surface area contributed by atoms with Crippen molar-refractivity contribution in [3.63, 3.8) is 0 Å². The van der Waals surface area contributed by atoms with E-state index in [2.05, 4.69) is 40.2 Å². The van der Waals surface area contributed by atoms with Crippen LogP contribution in [-0.2, 0) is 10.2 Å². The lowest BCUT2D eigenvalue weighted by molar-refractivity contribution is -0.124. The number of hydrogen-bond donors (Lipinski definition) is 0. The highest BCUT2D eigenvalue weighted by atomic mass is 79.9. The normalized spacial score (nSPS) is 19.5. The molecule has 3 nitrogen and oxygen atoms in total. The molecule has 132 valence electrons. The van der Waals surface area contributed by atoms with Crippen LogP contribution < -0.4 is 5.01 Å². The fourth-order valence-corrected chi connectivity index (χ4v) is 4.27. The van der Waals surface area contributed by atoms with Crippen molar-refractivity contribution in [3.8, 4) is 0 Å². The second kappa shape index (κ2) is 7.71. The monoisotopic (exact) mass is 400 g/mol. The zero-order chi connectivity index (χ0) is 17.9. The lowest BCUT2D eigenvalue weighted by atomic mass is 9.72. The molecule has 1 aliphatic heterocycles. The Morgan fingerprint density at radius 2 is 1.64 bits per heavy atom. The van der Waals surface area contributed by atoms with Crippen LogP contribution in [0.2, 0.25) is 0 Å². The zero-order valence-corrected chi connectivity index (χ0v) is 16.5. The predicted octanol–water partition coefficient (Wildman–Crippen LogP) is 4.75. The minimum Gasteiger partial charge on any atom is -0.272 e. The molecule has 0 spiro atoms. The average Bonchev–Trinajstić information content (AvgIpc) is 2.89. The van der Waals surface area contributed by atoms with E-state index < -0.39 is 5.41 Å². The average molecular weight is 401 g/mol. The van der Waals surface area contributed by atoms with E-state index in [4.69, 9.17) is 0 Å². The molecule has 1 heterocycles. The Labute approximate surface area is 158 Å². The molecule has 0 bridgehead atoms. The van der Waals surface area contributed by atoms with Gasteiger partial charge in [0.05, 0.1) is 5.69 Å². The number of nitrogens with zero attached hydrogens (tertiary/aromatic N) is 2. The molecular formula is C21H25BrN2O. The first-order valence-electron chi connectivity index (χ1n) is 8.85. The lowest BCUT2D eigenvalue weighted by Crippen LogP contribution is -2.47. The molecule has 3 rings (SSSR count). The summed E-state index contributed by atoms with van der Waals surface area (Å²) in [6.45, 7) is 0. The number of hydrazine groups is 1. The maximum absolute atomic E-state index is 13.7. The summed E-state index contributed by atoms with van der Waals surface area (Å²) < 4.78 is 0. The minimum absolute atomic E-state index is 0.156. The third-order valence-corrected chi connectivity index (χ3v) is 5.56. The van der Waals surface area contributed by atoms with Crippen molar-refractivity contribution in [2.45, 2.75) is 31.1 Å². The second-order valence-electron chi connectivity index (χ2n) is 6.75. The predicted molar refractivity (Wildman–Crippen MR) is 107 cm³/mol. The van der Waals surface area contributed by atoms with Gasteiger partial charge in [-0.15, -0.1) is 0 Å². The molecule has 0 aliphatic carbocycles. The van der Waals surface area contributed by atoms with Crippen LogP contribution in [-0.4, -0.2) is 30.3 Å². The SMILES string of the molecule is CN(C)N1C(=O)C(CCCCCBr)(c2ccccc2)c2ccccc21. The van der Waals surface area contributed by atoms with Crippen LogP contribution in [0.4, 0.5) is 5.69 Å². The van der Waals surface area contributed by atoms with Crippen molar-refractivity contribution in [2.75, 3.05) is 24.4 Å². The van der Waals surface area contributed by atoms with E-state index in [1.165, 1.54) is 0 Å². The number of hydrogen-bond acceptors (Lipinski definition) is 2. The van der Waals surface area contributed by atoms with E-state index in [-0.39, 0.29) is 5.91 Å². The molecule has 0 N–H and O–H groups in total. The van der Waals surface area contributed by atoms with Crippen LogP contribution in [0.1, 0.15) is 36.8 Å². The number of rotatable bonds is 7. The lowest BCUT2D eigenvalue weighted by Gasteiger charge is -2.31. The molecule has 0 fully saturated rings. The number of para-hydroxylation sites is 1. The van der Waals surface area contributed by atoms with Crippen molar-refractivity contribution < 1.29 is 4.79 Å². The summed E-state index contributed by atoms with van der Waals surface area (Å²) in [5.74, 6) is 0.156. The van der Waals surface area contributed by atoms with Gasteiger partial charge >= 0.3 is 0 Å². The first kappa shape index (κ1) is 18.2. The fourth-order valence-electron chi connectivity index (χ4n) is 3.87. The topological polar surface area (TPSA) is 23.6 Å². The number of halogens is 1. The third-order valence-electron chi connectivity index (χ3n) is 5.00. The van der Waals surface area contributed by atoms with E-state index in [9.17, 15) is 4.79 Å². The van der Waals surface area contributed by atoms with Crippen molar-refractivity contribution in [3.05, 3.63) is 65.7 Å². The molecular weight excluding hydrogens is 376 g/mol. The van der Waals surface area contributed by atoms with Crippen LogP contribution >= 0.6 is 15.9 Å². The van der Waals surface area contributed by atoms with Gasteiger partial charge in [-0.3, -0.25) is 4.79 Å². The summed E-state index contributed by atoms with van der Waals surface area (Å²) >= 11 is 3.51. The highest BCUT2D eigenvalue weighted by molar-refractivity contribution is 9.09. The van der Waals surface area contributed by atoms with Gasteiger partial charge in [0, 0.05) is 19.4 Å². The number of unbranched alkanes of at least 4 members (excludes halogenated alkanes) is 2. The Kier molecular flexibility index (Phi) is 5.60. The maximum atomic E-state index is 13.7. The smallest absolute Gasteiger partial charge is 0.256 e. The third kappa shape index (κ3) is 3.13. The van der Waals surface area contributed by atoms with Gasteiger partial charge in [-0.25, -0.2) is 10.0 Å². The van der Waals surface area contributed by atoms with Crippen molar-refractivity contribution >= 4 is 27.5 Å². The Bertz CT molecular complexity index is 732. The Morgan fingerprint density at radius 1 is 0.960 bits per heavy atom. The molecule has 0 saturated heterocycles.